The van der Waals surface area contributed by atoms with Gasteiger partial charge in [-0.15, -0.1) is 0 Å². The summed E-state index contributed by atoms with van der Waals surface area (Å²) in [6.45, 7) is 5.19. The van der Waals surface area contributed by atoms with E-state index in [0.717, 1.165) is 42.2 Å². The van der Waals surface area contributed by atoms with E-state index in [1.807, 2.05) is 30.5 Å². The first kappa shape index (κ1) is 21.0. The number of aryl methyl sites for hydroxylation is 1. The molecule has 1 amide bonds. The highest BCUT2D eigenvalue weighted by atomic mass is 16.5. The van der Waals surface area contributed by atoms with E-state index >= 15 is 0 Å². The molecular weight excluding hydrogens is 390 g/mol. The van der Waals surface area contributed by atoms with Crippen LogP contribution in [0.1, 0.15) is 33.3 Å². The minimum atomic E-state index is -0.428. The Bertz CT molecular complexity index is 1050. The molecule has 3 aromatic rings. The Morgan fingerprint density at radius 2 is 1.94 bits per heavy atom. The second-order valence-corrected chi connectivity index (χ2v) is 7.82. The van der Waals surface area contributed by atoms with Gasteiger partial charge in [0.15, 0.2) is 0 Å². The SMILES string of the molecule is COc1cc(C)ccc1CN1CCO[C@@H](c2ccc(-c3ccc(C(N)=O)cc3)cn2)C1. The number of amides is 1. The van der Waals surface area contributed by atoms with Crippen LogP contribution in [0.4, 0.5) is 0 Å². The number of benzene rings is 2. The van der Waals surface area contributed by atoms with Crippen molar-refractivity contribution in [3.8, 4) is 16.9 Å². The molecule has 4 rings (SSSR count). The molecule has 0 saturated carbocycles. The van der Waals surface area contributed by atoms with Crippen LogP contribution in [0.25, 0.3) is 11.1 Å². The first-order valence-electron chi connectivity index (χ1n) is 10.4. The molecule has 6 nitrogen and oxygen atoms in total. The Morgan fingerprint density at radius 3 is 2.61 bits per heavy atom. The number of nitrogens with two attached hydrogens (primary N) is 1. The molecular formula is C25H27N3O3. The Kier molecular flexibility index (Phi) is 6.30. The third kappa shape index (κ3) is 4.93. The van der Waals surface area contributed by atoms with Crippen molar-refractivity contribution in [3.05, 3.63) is 83.2 Å². The summed E-state index contributed by atoms with van der Waals surface area (Å²) in [5.74, 6) is 0.496. The summed E-state index contributed by atoms with van der Waals surface area (Å²) in [7, 11) is 1.72. The summed E-state index contributed by atoms with van der Waals surface area (Å²) in [4.78, 5) is 18.3. The van der Waals surface area contributed by atoms with E-state index in [1.54, 1.807) is 19.2 Å². The number of hydrogen-bond acceptors (Lipinski definition) is 5. The maximum absolute atomic E-state index is 11.2. The van der Waals surface area contributed by atoms with Gasteiger partial charge in [-0.2, -0.15) is 0 Å². The molecule has 1 aliphatic rings. The van der Waals surface area contributed by atoms with Crippen molar-refractivity contribution in [1.82, 2.24) is 9.88 Å². The number of rotatable bonds is 6. The summed E-state index contributed by atoms with van der Waals surface area (Å²) < 4.78 is 11.6. The summed E-state index contributed by atoms with van der Waals surface area (Å²) >= 11 is 0. The Labute approximate surface area is 182 Å². The van der Waals surface area contributed by atoms with E-state index in [-0.39, 0.29) is 6.10 Å². The normalized spacial score (nSPS) is 16.8. The van der Waals surface area contributed by atoms with Gasteiger partial charge >= 0.3 is 0 Å². The Hall–Kier alpha value is -3.22. The van der Waals surface area contributed by atoms with Crippen LogP contribution in [0, 0.1) is 6.92 Å². The van der Waals surface area contributed by atoms with E-state index in [0.29, 0.717) is 12.2 Å². The predicted octanol–water partition coefficient (Wildman–Crippen LogP) is 3.74. The van der Waals surface area contributed by atoms with Crippen molar-refractivity contribution in [2.45, 2.75) is 19.6 Å². The molecule has 31 heavy (non-hydrogen) atoms. The summed E-state index contributed by atoms with van der Waals surface area (Å²) in [6, 6.07) is 17.6. The van der Waals surface area contributed by atoms with Gasteiger partial charge in [0.2, 0.25) is 5.91 Å². The second kappa shape index (κ2) is 9.29. The third-order valence-electron chi connectivity index (χ3n) is 5.61. The minimum absolute atomic E-state index is 0.0727. The quantitative estimate of drug-likeness (QED) is 0.661. The molecule has 2 aromatic carbocycles. The molecule has 0 bridgehead atoms. The molecule has 6 heteroatoms. The number of carbonyl (C=O) groups is 1. The molecule has 1 aliphatic heterocycles. The number of morpholine rings is 1. The van der Waals surface area contributed by atoms with E-state index in [1.165, 1.54) is 11.1 Å². The van der Waals surface area contributed by atoms with Gasteiger partial charge in [-0.25, -0.2) is 0 Å². The zero-order chi connectivity index (χ0) is 21.8. The molecule has 0 unspecified atom stereocenters. The molecule has 0 aliphatic carbocycles. The van der Waals surface area contributed by atoms with E-state index in [9.17, 15) is 4.79 Å². The number of aromatic nitrogens is 1. The van der Waals surface area contributed by atoms with Crippen molar-refractivity contribution in [1.29, 1.82) is 0 Å². The van der Waals surface area contributed by atoms with Crippen molar-refractivity contribution in [3.63, 3.8) is 0 Å². The summed E-state index contributed by atoms with van der Waals surface area (Å²) in [5, 5.41) is 0. The van der Waals surface area contributed by atoms with Gasteiger partial charge in [-0.1, -0.05) is 30.3 Å². The first-order chi connectivity index (χ1) is 15.0. The molecule has 2 N–H and O–H groups in total. The molecule has 1 atom stereocenters. The average Bonchev–Trinajstić information content (AvgIpc) is 2.80. The number of primary amides is 1. The van der Waals surface area contributed by atoms with Crippen LogP contribution in [-0.4, -0.2) is 42.6 Å². The van der Waals surface area contributed by atoms with E-state index in [4.69, 9.17) is 15.2 Å². The second-order valence-electron chi connectivity index (χ2n) is 7.82. The summed E-state index contributed by atoms with van der Waals surface area (Å²) in [5.41, 5.74) is 11.1. The monoisotopic (exact) mass is 417 g/mol. The molecule has 2 heterocycles. The molecule has 1 fully saturated rings. The number of carbonyl (C=O) groups excluding carboxylic acids is 1. The smallest absolute Gasteiger partial charge is 0.248 e. The lowest BCUT2D eigenvalue weighted by molar-refractivity contribution is -0.0351. The fraction of sp³-hybridized carbons (Fsp3) is 0.280. The van der Waals surface area contributed by atoms with Crippen LogP contribution < -0.4 is 10.5 Å². The van der Waals surface area contributed by atoms with E-state index < -0.39 is 5.91 Å². The van der Waals surface area contributed by atoms with Gasteiger partial charge in [0.05, 0.1) is 19.4 Å². The molecule has 0 spiro atoms. The van der Waals surface area contributed by atoms with Gasteiger partial charge in [0.1, 0.15) is 11.9 Å². The van der Waals surface area contributed by atoms with Crippen molar-refractivity contribution in [2.75, 3.05) is 26.8 Å². The van der Waals surface area contributed by atoms with Gasteiger partial charge in [-0.3, -0.25) is 14.7 Å². The van der Waals surface area contributed by atoms with Crippen molar-refractivity contribution < 1.29 is 14.3 Å². The lowest BCUT2D eigenvalue weighted by Crippen LogP contribution is -2.38. The standard InChI is InChI=1S/C25H27N3O3/c1-17-3-4-21(23(13-17)30-2)15-28-11-12-31-24(16-28)22-10-9-20(14-27-22)18-5-7-19(8-6-18)25(26)29/h3-10,13-14,24H,11-12,15-16H2,1-2H3,(H2,26,29)/t24-/m1/s1. The van der Waals surface area contributed by atoms with Crippen LogP contribution >= 0.6 is 0 Å². The van der Waals surface area contributed by atoms with Crippen LogP contribution in [0.5, 0.6) is 5.75 Å². The third-order valence-corrected chi connectivity index (χ3v) is 5.61. The maximum Gasteiger partial charge on any atom is 0.248 e. The zero-order valence-electron chi connectivity index (χ0n) is 17.9. The topological polar surface area (TPSA) is 77.7 Å². The lowest BCUT2D eigenvalue weighted by atomic mass is 10.0. The summed E-state index contributed by atoms with van der Waals surface area (Å²) in [6.07, 6.45) is 1.77. The van der Waals surface area contributed by atoms with Crippen LogP contribution in [0.15, 0.2) is 60.8 Å². The number of pyridine rings is 1. The molecule has 1 saturated heterocycles. The van der Waals surface area contributed by atoms with Crippen LogP contribution in [0.3, 0.4) is 0 Å². The number of nitrogens with zero attached hydrogens (tertiary/aromatic N) is 2. The highest BCUT2D eigenvalue weighted by molar-refractivity contribution is 5.93. The highest BCUT2D eigenvalue weighted by Crippen LogP contribution is 2.27. The van der Waals surface area contributed by atoms with Crippen LogP contribution in [-0.2, 0) is 11.3 Å². The molecule has 160 valence electrons. The predicted molar refractivity (Wildman–Crippen MR) is 120 cm³/mol. The minimum Gasteiger partial charge on any atom is -0.496 e. The first-order valence-corrected chi connectivity index (χ1v) is 10.4. The number of hydrogen-bond donors (Lipinski definition) is 1. The van der Waals surface area contributed by atoms with E-state index in [2.05, 4.69) is 35.0 Å². The largest absolute Gasteiger partial charge is 0.496 e. The number of methoxy groups -OCH3 is 1. The van der Waals surface area contributed by atoms with Crippen LogP contribution in [0.2, 0.25) is 0 Å². The molecule has 1 aromatic heterocycles. The highest BCUT2D eigenvalue weighted by Gasteiger charge is 2.24. The van der Waals surface area contributed by atoms with Gasteiger partial charge in [0, 0.05) is 42.5 Å². The Balaban J connectivity index is 1.44. The average molecular weight is 418 g/mol. The van der Waals surface area contributed by atoms with Gasteiger partial charge in [0.25, 0.3) is 0 Å². The Morgan fingerprint density at radius 1 is 1.16 bits per heavy atom. The molecule has 0 radical (unpaired) electrons. The van der Waals surface area contributed by atoms with Crippen molar-refractivity contribution >= 4 is 5.91 Å². The number of ether oxygens (including phenoxy) is 2. The lowest BCUT2D eigenvalue weighted by Gasteiger charge is -2.33. The van der Waals surface area contributed by atoms with Crippen molar-refractivity contribution in [2.24, 2.45) is 5.73 Å². The fourth-order valence-electron chi connectivity index (χ4n) is 3.84. The van der Waals surface area contributed by atoms with Gasteiger partial charge in [-0.05, 0) is 42.3 Å². The maximum atomic E-state index is 11.2. The van der Waals surface area contributed by atoms with Gasteiger partial charge < -0.3 is 15.2 Å². The zero-order valence-corrected chi connectivity index (χ0v) is 17.9. The fourth-order valence-corrected chi connectivity index (χ4v) is 3.84.